The number of benzene rings is 2. The van der Waals surface area contributed by atoms with Gasteiger partial charge in [0.25, 0.3) is 5.91 Å². The second-order valence-corrected chi connectivity index (χ2v) is 7.03. The fourth-order valence-corrected chi connectivity index (χ4v) is 3.67. The van der Waals surface area contributed by atoms with Crippen molar-refractivity contribution in [2.24, 2.45) is 0 Å². The first-order chi connectivity index (χ1) is 11.8. The van der Waals surface area contributed by atoms with Crippen LogP contribution >= 0.6 is 11.8 Å². The number of carbonyl (C=O) groups is 1. The highest BCUT2D eigenvalue weighted by molar-refractivity contribution is 7.98. The Hall–Kier alpha value is -1.78. The molecule has 2 aromatic carbocycles. The van der Waals surface area contributed by atoms with Crippen molar-refractivity contribution in [2.45, 2.75) is 30.8 Å². The quantitative estimate of drug-likeness (QED) is 0.809. The van der Waals surface area contributed by atoms with Gasteiger partial charge in [0.15, 0.2) is 0 Å². The van der Waals surface area contributed by atoms with Gasteiger partial charge in [-0.05, 0) is 55.4 Å². The minimum Gasteiger partial charge on any atom is -0.348 e. The smallest absolute Gasteiger partial charge is 0.252 e. The molecular formula is C20H24N2OS. The summed E-state index contributed by atoms with van der Waals surface area (Å²) in [4.78, 5) is 15.9. The number of rotatable bonds is 6. The minimum atomic E-state index is -0.0129. The third kappa shape index (κ3) is 4.40. The van der Waals surface area contributed by atoms with Crippen LogP contribution in [0.1, 0.15) is 34.3 Å². The summed E-state index contributed by atoms with van der Waals surface area (Å²) in [7, 11) is 0. The normalized spacial score (nSPS) is 14.7. The molecule has 0 aliphatic carbocycles. The first kappa shape index (κ1) is 17.1. The van der Waals surface area contributed by atoms with Gasteiger partial charge in [0.05, 0.1) is 5.56 Å². The summed E-state index contributed by atoms with van der Waals surface area (Å²) in [6.45, 7) is 4.03. The van der Waals surface area contributed by atoms with Crippen molar-refractivity contribution in [3.05, 3.63) is 65.2 Å². The van der Waals surface area contributed by atoms with Crippen LogP contribution in [-0.4, -0.2) is 30.2 Å². The molecule has 2 aromatic rings. The fraction of sp³-hybridized carbons (Fsp3) is 0.350. The van der Waals surface area contributed by atoms with Gasteiger partial charge in [-0.2, -0.15) is 0 Å². The van der Waals surface area contributed by atoms with Crippen molar-refractivity contribution in [2.75, 3.05) is 19.3 Å². The molecule has 4 heteroatoms. The van der Waals surface area contributed by atoms with Gasteiger partial charge in [-0.1, -0.05) is 36.4 Å². The van der Waals surface area contributed by atoms with Crippen molar-refractivity contribution < 1.29 is 4.79 Å². The molecule has 1 amide bonds. The van der Waals surface area contributed by atoms with Gasteiger partial charge in [-0.3, -0.25) is 9.69 Å². The van der Waals surface area contributed by atoms with Gasteiger partial charge in [0.1, 0.15) is 0 Å². The lowest BCUT2D eigenvalue weighted by atomic mass is 10.1. The monoisotopic (exact) mass is 340 g/mol. The van der Waals surface area contributed by atoms with Crippen molar-refractivity contribution in [3.63, 3.8) is 0 Å². The van der Waals surface area contributed by atoms with Crippen molar-refractivity contribution in [3.8, 4) is 0 Å². The summed E-state index contributed by atoms with van der Waals surface area (Å²) in [6, 6.07) is 16.3. The maximum atomic E-state index is 12.4. The number of likely N-dealkylation sites (tertiary alicyclic amines) is 1. The molecule has 1 saturated heterocycles. The Morgan fingerprint density at radius 1 is 1.04 bits per heavy atom. The Morgan fingerprint density at radius 2 is 1.71 bits per heavy atom. The second-order valence-electron chi connectivity index (χ2n) is 6.18. The van der Waals surface area contributed by atoms with E-state index in [1.165, 1.54) is 31.5 Å². The van der Waals surface area contributed by atoms with Crippen molar-refractivity contribution in [1.82, 2.24) is 10.2 Å². The molecule has 0 unspecified atom stereocenters. The van der Waals surface area contributed by atoms with Crippen LogP contribution in [0, 0.1) is 0 Å². The van der Waals surface area contributed by atoms with E-state index in [0.29, 0.717) is 6.54 Å². The topological polar surface area (TPSA) is 32.3 Å². The van der Waals surface area contributed by atoms with E-state index >= 15 is 0 Å². The summed E-state index contributed by atoms with van der Waals surface area (Å²) in [5.41, 5.74) is 3.23. The molecule has 1 heterocycles. The van der Waals surface area contributed by atoms with Crippen LogP contribution in [0.5, 0.6) is 0 Å². The van der Waals surface area contributed by atoms with Crippen LogP contribution in [0.15, 0.2) is 53.4 Å². The van der Waals surface area contributed by atoms with E-state index in [0.717, 1.165) is 22.6 Å². The molecule has 0 spiro atoms. The summed E-state index contributed by atoms with van der Waals surface area (Å²) in [6.07, 6.45) is 4.63. The van der Waals surface area contributed by atoms with E-state index in [9.17, 15) is 4.79 Å². The zero-order valence-corrected chi connectivity index (χ0v) is 14.9. The zero-order valence-electron chi connectivity index (χ0n) is 14.1. The number of thioether (sulfide) groups is 1. The molecule has 3 rings (SSSR count). The number of hydrogen-bond acceptors (Lipinski definition) is 3. The average molecular weight is 340 g/mol. The van der Waals surface area contributed by atoms with Crippen LogP contribution < -0.4 is 5.32 Å². The zero-order chi connectivity index (χ0) is 16.8. The van der Waals surface area contributed by atoms with Crippen LogP contribution in [0.25, 0.3) is 0 Å². The van der Waals surface area contributed by atoms with E-state index in [4.69, 9.17) is 0 Å². The van der Waals surface area contributed by atoms with Crippen molar-refractivity contribution >= 4 is 17.7 Å². The van der Waals surface area contributed by atoms with E-state index in [-0.39, 0.29) is 5.91 Å². The first-order valence-corrected chi connectivity index (χ1v) is 9.70. The molecule has 1 fully saturated rings. The molecule has 0 radical (unpaired) electrons. The number of hydrogen-bond donors (Lipinski definition) is 1. The number of nitrogens with zero attached hydrogens (tertiary/aromatic N) is 1. The van der Waals surface area contributed by atoms with Crippen molar-refractivity contribution in [1.29, 1.82) is 0 Å². The van der Waals surface area contributed by atoms with Gasteiger partial charge in [-0.25, -0.2) is 0 Å². The van der Waals surface area contributed by atoms with E-state index in [2.05, 4.69) is 34.5 Å². The van der Waals surface area contributed by atoms with Gasteiger partial charge in [-0.15, -0.1) is 11.8 Å². The van der Waals surface area contributed by atoms with Gasteiger partial charge in [0, 0.05) is 18.0 Å². The SMILES string of the molecule is CSc1ccccc1C(=O)NCc1ccc(CN2CCCC2)cc1. The van der Waals surface area contributed by atoms with Crippen LogP contribution in [0.2, 0.25) is 0 Å². The third-order valence-corrected chi connectivity index (χ3v) is 5.23. The molecule has 1 aliphatic rings. The molecule has 0 saturated carbocycles. The highest BCUT2D eigenvalue weighted by atomic mass is 32.2. The lowest BCUT2D eigenvalue weighted by Crippen LogP contribution is -2.23. The number of amides is 1. The Bertz CT molecular complexity index is 678. The molecule has 3 nitrogen and oxygen atoms in total. The maximum Gasteiger partial charge on any atom is 0.252 e. The summed E-state index contributed by atoms with van der Waals surface area (Å²) in [5, 5.41) is 3.02. The van der Waals surface area contributed by atoms with Gasteiger partial charge in [0.2, 0.25) is 0 Å². The van der Waals surface area contributed by atoms with Crippen LogP contribution in [-0.2, 0) is 13.1 Å². The van der Waals surface area contributed by atoms with E-state index in [1.54, 1.807) is 11.8 Å². The lowest BCUT2D eigenvalue weighted by molar-refractivity contribution is 0.0948. The van der Waals surface area contributed by atoms with Crippen LogP contribution in [0.3, 0.4) is 0 Å². The summed E-state index contributed by atoms with van der Waals surface area (Å²) >= 11 is 1.60. The van der Waals surface area contributed by atoms with E-state index in [1.807, 2.05) is 30.5 Å². The molecule has 0 aromatic heterocycles. The standard InChI is InChI=1S/C20H24N2OS/c1-24-19-7-3-2-6-18(19)20(23)21-14-16-8-10-17(11-9-16)15-22-12-4-5-13-22/h2-3,6-11H,4-5,12-15H2,1H3,(H,21,23). The Kier molecular flexibility index (Phi) is 5.94. The molecule has 1 N–H and O–H groups in total. The minimum absolute atomic E-state index is 0.0129. The van der Waals surface area contributed by atoms with Gasteiger partial charge < -0.3 is 5.32 Å². The average Bonchev–Trinajstić information content (AvgIpc) is 3.14. The molecule has 0 bridgehead atoms. The predicted octanol–water partition coefficient (Wildman–Crippen LogP) is 3.93. The largest absolute Gasteiger partial charge is 0.348 e. The molecule has 126 valence electrons. The highest BCUT2D eigenvalue weighted by Crippen LogP contribution is 2.19. The molecule has 0 atom stereocenters. The van der Waals surface area contributed by atoms with E-state index < -0.39 is 0 Å². The molecule has 24 heavy (non-hydrogen) atoms. The Labute approximate surface area is 148 Å². The maximum absolute atomic E-state index is 12.4. The lowest BCUT2D eigenvalue weighted by Gasteiger charge is -2.14. The van der Waals surface area contributed by atoms with Gasteiger partial charge >= 0.3 is 0 Å². The highest BCUT2D eigenvalue weighted by Gasteiger charge is 2.12. The number of carbonyl (C=O) groups excluding carboxylic acids is 1. The predicted molar refractivity (Wildman–Crippen MR) is 100 cm³/mol. The fourth-order valence-electron chi connectivity index (χ4n) is 3.07. The summed E-state index contributed by atoms with van der Waals surface area (Å²) in [5.74, 6) is -0.0129. The second kappa shape index (κ2) is 8.36. The molecule has 1 aliphatic heterocycles. The Morgan fingerprint density at radius 3 is 2.42 bits per heavy atom. The molecular weight excluding hydrogens is 316 g/mol. The third-order valence-electron chi connectivity index (χ3n) is 4.43. The number of nitrogens with one attached hydrogen (secondary N) is 1. The summed E-state index contributed by atoms with van der Waals surface area (Å²) < 4.78 is 0. The Balaban J connectivity index is 1.55. The first-order valence-electron chi connectivity index (χ1n) is 8.47. The van der Waals surface area contributed by atoms with Crippen LogP contribution in [0.4, 0.5) is 0 Å².